The smallest absolute Gasteiger partial charge is 0.255 e. The van der Waals surface area contributed by atoms with Crippen molar-refractivity contribution in [2.24, 2.45) is 0 Å². The van der Waals surface area contributed by atoms with Gasteiger partial charge in [0.05, 0.1) is 24.1 Å². The molecule has 1 aliphatic heterocycles. The molecule has 0 aliphatic carbocycles. The van der Waals surface area contributed by atoms with Gasteiger partial charge in [-0.3, -0.25) is 9.78 Å². The molecule has 8 nitrogen and oxygen atoms in total. The average Bonchev–Trinajstić information content (AvgIpc) is 3.53. The Morgan fingerprint density at radius 3 is 2.78 bits per heavy atom. The first kappa shape index (κ1) is 19.6. The summed E-state index contributed by atoms with van der Waals surface area (Å²) < 4.78 is 16.2. The zero-order valence-electron chi connectivity index (χ0n) is 17.1. The summed E-state index contributed by atoms with van der Waals surface area (Å²) in [5, 5.41) is 6.15. The lowest BCUT2D eigenvalue weighted by Crippen LogP contribution is -2.24. The SMILES string of the molecule is O=C(NCc1ccco1)c1ccc(-c2ccc3c(c2)OCO3)nc1NCc1cccnc1. The number of benzene rings is 1. The number of nitrogens with zero attached hydrogens (tertiary/aromatic N) is 2. The summed E-state index contributed by atoms with van der Waals surface area (Å²) in [5.41, 5.74) is 2.98. The standard InChI is InChI=1S/C24H20N4O4/c29-24(27-14-18-4-2-10-30-18)19-6-7-20(17-5-8-21-22(11-17)32-15-31-21)28-23(19)26-13-16-3-1-9-25-12-16/h1-12H,13-15H2,(H,26,28)(H,27,29). The highest BCUT2D eigenvalue weighted by Gasteiger charge is 2.18. The summed E-state index contributed by atoms with van der Waals surface area (Å²) in [6.45, 7) is 0.973. The van der Waals surface area contributed by atoms with Crippen molar-refractivity contribution in [3.05, 3.63) is 90.1 Å². The maximum absolute atomic E-state index is 12.9. The molecular formula is C24H20N4O4. The highest BCUT2D eigenvalue weighted by Crippen LogP contribution is 2.36. The van der Waals surface area contributed by atoms with Crippen molar-refractivity contribution in [3.8, 4) is 22.8 Å². The van der Waals surface area contributed by atoms with Gasteiger partial charge in [-0.15, -0.1) is 0 Å². The average molecular weight is 428 g/mol. The second-order valence-electron chi connectivity index (χ2n) is 7.14. The molecule has 5 rings (SSSR count). The van der Waals surface area contributed by atoms with Crippen LogP contribution in [0.2, 0.25) is 0 Å². The summed E-state index contributed by atoms with van der Waals surface area (Å²) in [6, 6.07) is 16.6. The Bertz CT molecular complexity index is 1230. The lowest BCUT2D eigenvalue weighted by molar-refractivity contribution is 0.0948. The third-order valence-corrected chi connectivity index (χ3v) is 4.99. The molecule has 0 unspecified atom stereocenters. The molecule has 0 spiro atoms. The Hall–Kier alpha value is -4.33. The molecule has 0 bridgehead atoms. The number of ether oxygens (including phenoxy) is 2. The van der Waals surface area contributed by atoms with Crippen LogP contribution in [0.5, 0.6) is 11.5 Å². The van der Waals surface area contributed by atoms with Gasteiger partial charge >= 0.3 is 0 Å². The van der Waals surface area contributed by atoms with Crippen molar-refractivity contribution in [2.45, 2.75) is 13.1 Å². The predicted molar refractivity (Wildman–Crippen MR) is 117 cm³/mol. The van der Waals surface area contributed by atoms with Crippen LogP contribution >= 0.6 is 0 Å². The lowest BCUT2D eigenvalue weighted by atomic mass is 10.1. The third kappa shape index (κ3) is 4.24. The summed E-state index contributed by atoms with van der Waals surface area (Å²) in [4.78, 5) is 21.8. The summed E-state index contributed by atoms with van der Waals surface area (Å²) in [5.74, 6) is 2.28. The fraction of sp³-hybridized carbons (Fsp3) is 0.125. The Morgan fingerprint density at radius 1 is 1.00 bits per heavy atom. The summed E-state index contributed by atoms with van der Waals surface area (Å²) in [6.07, 6.45) is 5.06. The number of hydrogen-bond acceptors (Lipinski definition) is 7. The number of fused-ring (bicyclic) bond motifs is 1. The van der Waals surface area contributed by atoms with Crippen LogP contribution in [-0.2, 0) is 13.1 Å². The Balaban J connectivity index is 1.42. The van der Waals surface area contributed by atoms with Crippen LogP contribution < -0.4 is 20.1 Å². The van der Waals surface area contributed by atoms with E-state index in [-0.39, 0.29) is 19.2 Å². The van der Waals surface area contributed by atoms with E-state index in [1.165, 1.54) is 0 Å². The molecule has 1 aliphatic rings. The van der Waals surface area contributed by atoms with Crippen LogP contribution in [0.25, 0.3) is 11.3 Å². The first-order chi connectivity index (χ1) is 15.8. The molecule has 0 saturated carbocycles. The van der Waals surface area contributed by atoms with Gasteiger partial charge in [0, 0.05) is 24.5 Å². The van der Waals surface area contributed by atoms with Crippen molar-refractivity contribution in [1.29, 1.82) is 0 Å². The molecule has 2 N–H and O–H groups in total. The monoisotopic (exact) mass is 428 g/mol. The van der Waals surface area contributed by atoms with Crippen LogP contribution in [0.1, 0.15) is 21.7 Å². The van der Waals surface area contributed by atoms with E-state index in [2.05, 4.69) is 15.6 Å². The highest BCUT2D eigenvalue weighted by atomic mass is 16.7. The lowest BCUT2D eigenvalue weighted by Gasteiger charge is -2.13. The minimum atomic E-state index is -0.250. The van der Waals surface area contributed by atoms with Gasteiger partial charge in [-0.05, 0) is 54.1 Å². The number of carbonyl (C=O) groups excluding carboxylic acids is 1. The molecule has 0 atom stereocenters. The van der Waals surface area contributed by atoms with Crippen LogP contribution in [0.4, 0.5) is 5.82 Å². The third-order valence-electron chi connectivity index (χ3n) is 4.99. The highest BCUT2D eigenvalue weighted by molar-refractivity contribution is 5.99. The Kier molecular flexibility index (Phi) is 5.40. The van der Waals surface area contributed by atoms with Gasteiger partial charge in [0.1, 0.15) is 11.6 Å². The number of hydrogen-bond donors (Lipinski definition) is 2. The summed E-state index contributed by atoms with van der Waals surface area (Å²) >= 11 is 0. The Morgan fingerprint density at radius 2 is 1.94 bits per heavy atom. The molecule has 0 fully saturated rings. The molecule has 1 aromatic carbocycles. The van der Waals surface area contributed by atoms with Crippen molar-refractivity contribution in [2.75, 3.05) is 12.1 Å². The number of nitrogens with one attached hydrogen (secondary N) is 2. The van der Waals surface area contributed by atoms with E-state index in [0.717, 1.165) is 11.1 Å². The van der Waals surface area contributed by atoms with Crippen LogP contribution in [0, 0.1) is 0 Å². The number of furan rings is 1. The van der Waals surface area contributed by atoms with Gasteiger partial charge in [-0.25, -0.2) is 4.98 Å². The second kappa shape index (κ2) is 8.81. The zero-order chi connectivity index (χ0) is 21.8. The zero-order valence-corrected chi connectivity index (χ0v) is 17.1. The van der Waals surface area contributed by atoms with E-state index in [9.17, 15) is 4.79 Å². The fourth-order valence-electron chi connectivity index (χ4n) is 3.36. The Labute approximate surface area is 184 Å². The maximum atomic E-state index is 12.9. The van der Waals surface area contributed by atoms with E-state index in [1.807, 2.05) is 42.5 Å². The molecule has 0 saturated heterocycles. The number of anilines is 1. The minimum Gasteiger partial charge on any atom is -0.467 e. The molecule has 8 heteroatoms. The van der Waals surface area contributed by atoms with Gasteiger partial charge in [0.2, 0.25) is 6.79 Å². The normalized spacial score (nSPS) is 11.9. The van der Waals surface area contributed by atoms with E-state index >= 15 is 0 Å². The van der Waals surface area contributed by atoms with Crippen molar-refractivity contribution < 1.29 is 18.7 Å². The van der Waals surface area contributed by atoms with Crippen LogP contribution in [0.3, 0.4) is 0 Å². The van der Waals surface area contributed by atoms with E-state index < -0.39 is 0 Å². The van der Waals surface area contributed by atoms with Crippen LogP contribution in [-0.4, -0.2) is 22.7 Å². The molecule has 1 amide bonds. The molecule has 4 aromatic rings. The molecule has 160 valence electrons. The van der Waals surface area contributed by atoms with Gasteiger partial charge < -0.3 is 24.5 Å². The van der Waals surface area contributed by atoms with Gasteiger partial charge in [-0.2, -0.15) is 0 Å². The summed E-state index contributed by atoms with van der Waals surface area (Å²) in [7, 11) is 0. The first-order valence-corrected chi connectivity index (χ1v) is 10.1. The van der Waals surface area contributed by atoms with E-state index in [1.54, 1.807) is 30.8 Å². The minimum absolute atomic E-state index is 0.207. The van der Waals surface area contributed by atoms with Crippen molar-refractivity contribution >= 4 is 11.7 Å². The van der Waals surface area contributed by atoms with Crippen molar-refractivity contribution in [1.82, 2.24) is 15.3 Å². The number of pyridine rings is 2. The molecular weight excluding hydrogens is 408 g/mol. The molecule has 32 heavy (non-hydrogen) atoms. The first-order valence-electron chi connectivity index (χ1n) is 10.1. The molecule has 3 aromatic heterocycles. The fourth-order valence-corrected chi connectivity index (χ4v) is 3.36. The number of amides is 1. The maximum Gasteiger partial charge on any atom is 0.255 e. The van der Waals surface area contributed by atoms with E-state index in [4.69, 9.17) is 18.9 Å². The van der Waals surface area contributed by atoms with Gasteiger partial charge in [-0.1, -0.05) is 6.07 Å². The van der Waals surface area contributed by atoms with Crippen LogP contribution in [0.15, 0.2) is 77.7 Å². The largest absolute Gasteiger partial charge is 0.467 e. The topological polar surface area (TPSA) is 98.5 Å². The quantitative estimate of drug-likeness (QED) is 0.459. The number of carbonyl (C=O) groups is 1. The van der Waals surface area contributed by atoms with Crippen molar-refractivity contribution in [3.63, 3.8) is 0 Å². The second-order valence-corrected chi connectivity index (χ2v) is 7.14. The van der Waals surface area contributed by atoms with Gasteiger partial charge in [0.25, 0.3) is 5.91 Å². The van der Waals surface area contributed by atoms with E-state index in [0.29, 0.717) is 40.9 Å². The molecule has 0 radical (unpaired) electrons. The number of aromatic nitrogens is 2. The van der Waals surface area contributed by atoms with Gasteiger partial charge in [0.15, 0.2) is 11.5 Å². The molecule has 4 heterocycles. The number of rotatable bonds is 7. The predicted octanol–water partition coefficient (Wildman–Crippen LogP) is 4.01.